The molecule has 0 unspecified atom stereocenters. The van der Waals surface area contributed by atoms with E-state index in [1.165, 1.54) is 0 Å². The van der Waals surface area contributed by atoms with Gasteiger partial charge in [-0.2, -0.15) is 13.2 Å². The van der Waals surface area contributed by atoms with E-state index >= 15 is 0 Å². The molecule has 0 radical (unpaired) electrons. The van der Waals surface area contributed by atoms with Gasteiger partial charge in [0.15, 0.2) is 5.69 Å². The van der Waals surface area contributed by atoms with E-state index in [1.807, 2.05) is 0 Å². The summed E-state index contributed by atoms with van der Waals surface area (Å²) in [5.74, 6) is -0.290. The molecule has 1 rings (SSSR count). The molecule has 0 aliphatic carbocycles. The number of alkyl halides is 3. The number of nitrogens with one attached hydrogen (secondary N) is 1. The van der Waals surface area contributed by atoms with E-state index in [-0.39, 0.29) is 16.3 Å². The zero-order chi connectivity index (χ0) is 10.9. The fraction of sp³-hybridized carbons (Fsp3) is 0.500. The third-order valence-electron chi connectivity index (χ3n) is 1.67. The largest absolute Gasteiger partial charge is 0.435 e. The molecule has 0 fully saturated rings. The Hall–Kier alpha value is -0.910. The number of aromatic nitrogens is 2. The highest BCUT2D eigenvalue weighted by Gasteiger charge is 2.36. The molecule has 6 heteroatoms. The van der Waals surface area contributed by atoms with Gasteiger partial charge in [0, 0.05) is 5.69 Å². The third kappa shape index (κ3) is 2.31. The molecule has 2 nitrogen and oxygen atoms in total. The summed E-state index contributed by atoms with van der Waals surface area (Å²) in [5.41, 5.74) is -0.855. The highest BCUT2D eigenvalue weighted by molar-refractivity contribution is 7.71. The number of nitrogens with zero attached hydrogens (tertiary/aromatic N) is 1. The summed E-state index contributed by atoms with van der Waals surface area (Å²) < 4.78 is 37.5. The summed E-state index contributed by atoms with van der Waals surface area (Å²) in [7, 11) is 0. The van der Waals surface area contributed by atoms with Gasteiger partial charge in [0.05, 0.1) is 6.20 Å². The summed E-state index contributed by atoms with van der Waals surface area (Å²) in [6.07, 6.45) is -3.43. The van der Waals surface area contributed by atoms with Crippen LogP contribution in [0.4, 0.5) is 13.2 Å². The standard InChI is InChI=1S/C8H9F3N2S/c1-4(2)6-7(8(9,10)11)12-3-5(14)13-6/h3-4H,1-2H3,(H,13,14). The van der Waals surface area contributed by atoms with Crippen LogP contribution >= 0.6 is 12.2 Å². The Labute approximate surface area is 84.2 Å². The Balaban J connectivity index is 3.37. The Bertz CT molecular complexity index is 381. The first kappa shape index (κ1) is 11.2. The number of hydrogen-bond donors (Lipinski definition) is 1. The number of halogens is 3. The van der Waals surface area contributed by atoms with Gasteiger partial charge >= 0.3 is 6.18 Å². The zero-order valence-corrected chi connectivity index (χ0v) is 8.46. The molecule has 0 amide bonds. The topological polar surface area (TPSA) is 28.7 Å². The molecule has 1 N–H and O–H groups in total. The molecule has 14 heavy (non-hydrogen) atoms. The van der Waals surface area contributed by atoms with Gasteiger partial charge < -0.3 is 4.98 Å². The summed E-state index contributed by atoms with van der Waals surface area (Å²) in [4.78, 5) is 5.82. The van der Waals surface area contributed by atoms with Gasteiger partial charge in [0.2, 0.25) is 0 Å². The molecule has 0 atom stereocenters. The van der Waals surface area contributed by atoms with Crippen molar-refractivity contribution >= 4 is 12.2 Å². The van der Waals surface area contributed by atoms with E-state index in [2.05, 4.69) is 9.97 Å². The van der Waals surface area contributed by atoms with Crippen LogP contribution in [0.1, 0.15) is 31.2 Å². The number of aromatic amines is 1. The molecule has 1 aromatic rings. The van der Waals surface area contributed by atoms with E-state index < -0.39 is 11.9 Å². The number of H-pyrrole nitrogens is 1. The maximum Gasteiger partial charge on any atom is 0.435 e. The van der Waals surface area contributed by atoms with E-state index in [9.17, 15) is 13.2 Å². The lowest BCUT2D eigenvalue weighted by atomic mass is 10.1. The molecule has 0 aromatic carbocycles. The SMILES string of the molecule is CC(C)c1[nH]c(=S)cnc1C(F)(F)F. The van der Waals surface area contributed by atoms with Crippen LogP contribution in [0.3, 0.4) is 0 Å². The van der Waals surface area contributed by atoms with Gasteiger partial charge in [0.1, 0.15) is 4.64 Å². The van der Waals surface area contributed by atoms with Crippen LogP contribution < -0.4 is 0 Å². The quantitative estimate of drug-likeness (QED) is 0.738. The Morgan fingerprint density at radius 1 is 1.43 bits per heavy atom. The fourth-order valence-corrected chi connectivity index (χ4v) is 1.22. The first-order chi connectivity index (χ1) is 6.32. The second kappa shape index (κ2) is 3.68. The van der Waals surface area contributed by atoms with Crippen molar-refractivity contribution in [2.45, 2.75) is 25.9 Å². The van der Waals surface area contributed by atoms with Gasteiger partial charge in [0.25, 0.3) is 0 Å². The van der Waals surface area contributed by atoms with Crippen molar-refractivity contribution in [3.05, 3.63) is 22.2 Å². The fourth-order valence-electron chi connectivity index (χ4n) is 1.06. The van der Waals surface area contributed by atoms with Crippen molar-refractivity contribution in [2.24, 2.45) is 0 Å². The van der Waals surface area contributed by atoms with Crippen molar-refractivity contribution in [2.75, 3.05) is 0 Å². The highest BCUT2D eigenvalue weighted by Crippen LogP contribution is 2.32. The minimum Gasteiger partial charge on any atom is -0.347 e. The minimum atomic E-state index is -4.43. The van der Waals surface area contributed by atoms with Gasteiger partial charge in [-0.05, 0) is 5.92 Å². The number of hydrogen-bond acceptors (Lipinski definition) is 2. The average Bonchev–Trinajstić information content (AvgIpc) is 2.01. The molecule has 1 aromatic heterocycles. The lowest BCUT2D eigenvalue weighted by Crippen LogP contribution is -2.14. The van der Waals surface area contributed by atoms with Crippen LogP contribution in [0.25, 0.3) is 0 Å². The highest BCUT2D eigenvalue weighted by atomic mass is 32.1. The molecule has 0 saturated heterocycles. The smallest absolute Gasteiger partial charge is 0.347 e. The zero-order valence-electron chi connectivity index (χ0n) is 7.64. The van der Waals surface area contributed by atoms with Crippen LogP contribution in [0.15, 0.2) is 6.20 Å². The predicted octanol–water partition coefficient (Wildman–Crippen LogP) is 3.28. The Morgan fingerprint density at radius 3 is 2.43 bits per heavy atom. The summed E-state index contributed by atoms with van der Waals surface area (Å²) >= 11 is 4.72. The Kier molecular flexibility index (Phi) is 2.94. The van der Waals surface area contributed by atoms with E-state index in [0.717, 1.165) is 6.20 Å². The lowest BCUT2D eigenvalue weighted by molar-refractivity contribution is -0.142. The van der Waals surface area contributed by atoms with Crippen LogP contribution in [0.2, 0.25) is 0 Å². The van der Waals surface area contributed by atoms with Gasteiger partial charge in [-0.25, -0.2) is 4.98 Å². The van der Waals surface area contributed by atoms with Crippen molar-refractivity contribution in [3.63, 3.8) is 0 Å². The second-order valence-electron chi connectivity index (χ2n) is 3.16. The maximum absolute atomic E-state index is 12.4. The normalized spacial score (nSPS) is 12.1. The van der Waals surface area contributed by atoms with Crippen LogP contribution in [-0.2, 0) is 6.18 Å². The van der Waals surface area contributed by atoms with Crippen molar-refractivity contribution in [3.8, 4) is 0 Å². The minimum absolute atomic E-state index is 0.0324. The van der Waals surface area contributed by atoms with Gasteiger partial charge in [-0.15, -0.1) is 0 Å². The summed E-state index contributed by atoms with van der Waals surface area (Å²) in [5, 5.41) is 0. The first-order valence-corrected chi connectivity index (χ1v) is 4.39. The molecular formula is C8H9F3N2S. The van der Waals surface area contributed by atoms with Gasteiger partial charge in [-0.1, -0.05) is 26.1 Å². The van der Waals surface area contributed by atoms with Crippen molar-refractivity contribution in [1.29, 1.82) is 0 Å². The predicted molar refractivity (Wildman–Crippen MR) is 48.5 cm³/mol. The molecular weight excluding hydrogens is 213 g/mol. The van der Waals surface area contributed by atoms with Crippen molar-refractivity contribution < 1.29 is 13.2 Å². The first-order valence-electron chi connectivity index (χ1n) is 3.98. The molecule has 0 aliphatic heterocycles. The van der Waals surface area contributed by atoms with Crippen LogP contribution in [0, 0.1) is 4.64 Å². The molecule has 0 saturated carbocycles. The average molecular weight is 222 g/mol. The molecule has 0 aliphatic rings. The molecule has 0 spiro atoms. The van der Waals surface area contributed by atoms with Gasteiger partial charge in [-0.3, -0.25) is 0 Å². The number of rotatable bonds is 1. The van der Waals surface area contributed by atoms with E-state index in [0.29, 0.717) is 0 Å². The molecule has 1 heterocycles. The third-order valence-corrected chi connectivity index (χ3v) is 1.88. The van der Waals surface area contributed by atoms with Crippen LogP contribution in [-0.4, -0.2) is 9.97 Å². The Morgan fingerprint density at radius 2 is 2.00 bits per heavy atom. The van der Waals surface area contributed by atoms with E-state index in [1.54, 1.807) is 13.8 Å². The summed E-state index contributed by atoms with van der Waals surface area (Å²) in [6.45, 7) is 3.30. The van der Waals surface area contributed by atoms with Crippen LogP contribution in [0.5, 0.6) is 0 Å². The van der Waals surface area contributed by atoms with Crippen molar-refractivity contribution in [1.82, 2.24) is 9.97 Å². The second-order valence-corrected chi connectivity index (χ2v) is 3.60. The maximum atomic E-state index is 12.4. The molecule has 0 bridgehead atoms. The molecule has 78 valence electrons. The van der Waals surface area contributed by atoms with E-state index in [4.69, 9.17) is 12.2 Å². The lowest BCUT2D eigenvalue weighted by Gasteiger charge is -2.13. The monoisotopic (exact) mass is 222 g/mol. The summed E-state index contributed by atoms with van der Waals surface area (Å²) in [6, 6.07) is 0.